The average molecular weight is 537 g/mol. The van der Waals surface area contributed by atoms with E-state index in [0.717, 1.165) is 41.6 Å². The Morgan fingerprint density at radius 1 is 0.921 bits per heavy atom. The van der Waals surface area contributed by atoms with Gasteiger partial charge in [0, 0.05) is 51.6 Å². The molecule has 9 heteroatoms. The van der Waals surface area contributed by atoms with Crippen LogP contribution in [0, 0.1) is 6.92 Å². The smallest absolute Gasteiger partial charge is 0.273 e. The molecule has 38 heavy (non-hydrogen) atoms. The summed E-state index contributed by atoms with van der Waals surface area (Å²) in [5, 5.41) is 2.77. The highest BCUT2D eigenvalue weighted by Crippen LogP contribution is 2.28. The number of carbonyl (C=O) groups is 2. The minimum absolute atomic E-state index is 0.0507. The summed E-state index contributed by atoms with van der Waals surface area (Å²) in [6.07, 6.45) is 0.837. The Morgan fingerprint density at radius 3 is 2.24 bits per heavy atom. The highest BCUT2D eigenvalue weighted by molar-refractivity contribution is 7.09. The number of hydrogen-bond donors (Lipinski definition) is 0. The van der Waals surface area contributed by atoms with E-state index in [1.54, 1.807) is 30.9 Å². The third-order valence-electron chi connectivity index (χ3n) is 6.83. The van der Waals surface area contributed by atoms with Gasteiger partial charge in [0.1, 0.15) is 10.7 Å². The molecule has 0 atom stereocenters. The molecular weight excluding hydrogens is 500 g/mol. The molecule has 0 unspecified atom stereocenters. The summed E-state index contributed by atoms with van der Waals surface area (Å²) in [6.45, 7) is 8.12. The molecular formula is C29H36N4O4S. The third-order valence-corrected chi connectivity index (χ3v) is 7.67. The number of rotatable bonds is 10. The van der Waals surface area contributed by atoms with Crippen LogP contribution >= 0.6 is 11.3 Å². The average Bonchev–Trinajstić information content (AvgIpc) is 3.40. The van der Waals surface area contributed by atoms with E-state index in [1.807, 2.05) is 17.5 Å². The first-order valence-corrected chi connectivity index (χ1v) is 13.7. The second-order valence-corrected chi connectivity index (χ2v) is 10.5. The van der Waals surface area contributed by atoms with Crippen molar-refractivity contribution >= 4 is 23.2 Å². The van der Waals surface area contributed by atoms with Gasteiger partial charge in [0.2, 0.25) is 5.91 Å². The Kier molecular flexibility index (Phi) is 9.36. The number of amides is 2. The summed E-state index contributed by atoms with van der Waals surface area (Å²) in [7, 11) is 3.29. The van der Waals surface area contributed by atoms with Gasteiger partial charge in [-0.3, -0.25) is 14.5 Å². The summed E-state index contributed by atoms with van der Waals surface area (Å²) in [6, 6.07) is 14.6. The summed E-state index contributed by atoms with van der Waals surface area (Å²) >= 11 is 1.52. The fraction of sp³-hybridized carbons (Fsp3) is 0.414. The van der Waals surface area contributed by atoms with Crippen LogP contribution in [-0.2, 0) is 24.3 Å². The second kappa shape index (κ2) is 12.9. The van der Waals surface area contributed by atoms with Crippen molar-refractivity contribution in [1.82, 2.24) is 19.7 Å². The zero-order chi connectivity index (χ0) is 27.1. The number of carbonyl (C=O) groups excluding carboxylic acids is 2. The van der Waals surface area contributed by atoms with E-state index in [-0.39, 0.29) is 11.8 Å². The Balaban J connectivity index is 1.43. The molecule has 0 saturated carbocycles. The lowest BCUT2D eigenvalue weighted by atomic mass is 10.1. The maximum atomic E-state index is 13.1. The molecule has 1 saturated heterocycles. The predicted octanol–water partition coefficient (Wildman–Crippen LogP) is 4.02. The standard InChI is InChI=1S/C29H36N4O4S/c1-21-5-7-24(8-6-21)18-31(12-11-23-9-10-26(36-3)27(17-23)37-4)19-28-30-25(20-38-28)29(35)33-15-13-32(14-16-33)22(2)34/h5-10,17,20H,11-16,18-19H2,1-4H3. The van der Waals surface area contributed by atoms with Crippen LogP contribution in [0.15, 0.2) is 47.8 Å². The molecule has 8 nitrogen and oxygen atoms in total. The maximum absolute atomic E-state index is 13.1. The van der Waals surface area contributed by atoms with Crippen molar-refractivity contribution in [2.45, 2.75) is 33.4 Å². The van der Waals surface area contributed by atoms with Gasteiger partial charge >= 0.3 is 0 Å². The van der Waals surface area contributed by atoms with E-state index in [0.29, 0.717) is 38.4 Å². The quantitative estimate of drug-likeness (QED) is 0.390. The molecule has 4 rings (SSSR count). The number of piperazine rings is 1. The van der Waals surface area contributed by atoms with Crippen LogP contribution in [0.3, 0.4) is 0 Å². The molecule has 1 aliphatic rings. The minimum Gasteiger partial charge on any atom is -0.493 e. The fourth-order valence-corrected chi connectivity index (χ4v) is 5.36. The van der Waals surface area contributed by atoms with Crippen molar-refractivity contribution in [1.29, 1.82) is 0 Å². The number of thiazole rings is 1. The van der Waals surface area contributed by atoms with Gasteiger partial charge < -0.3 is 19.3 Å². The van der Waals surface area contributed by atoms with Gasteiger partial charge in [0.25, 0.3) is 5.91 Å². The maximum Gasteiger partial charge on any atom is 0.273 e. The lowest BCUT2D eigenvalue weighted by Crippen LogP contribution is -2.50. The van der Waals surface area contributed by atoms with Gasteiger partial charge in [0.15, 0.2) is 11.5 Å². The van der Waals surface area contributed by atoms with Crippen molar-refractivity contribution in [2.75, 3.05) is 46.9 Å². The summed E-state index contributed by atoms with van der Waals surface area (Å²) in [5.74, 6) is 1.43. The van der Waals surface area contributed by atoms with Gasteiger partial charge in [-0.05, 0) is 36.6 Å². The first kappa shape index (κ1) is 27.6. The van der Waals surface area contributed by atoms with E-state index in [2.05, 4.69) is 42.2 Å². The van der Waals surface area contributed by atoms with Crippen molar-refractivity contribution in [2.24, 2.45) is 0 Å². The Hall–Kier alpha value is -3.43. The highest BCUT2D eigenvalue weighted by Gasteiger charge is 2.25. The summed E-state index contributed by atoms with van der Waals surface area (Å²) < 4.78 is 10.9. The topological polar surface area (TPSA) is 75.2 Å². The number of aromatic nitrogens is 1. The fourth-order valence-electron chi connectivity index (χ4n) is 4.55. The van der Waals surface area contributed by atoms with Crippen LogP contribution < -0.4 is 9.47 Å². The van der Waals surface area contributed by atoms with E-state index in [9.17, 15) is 9.59 Å². The molecule has 1 fully saturated rings. The zero-order valence-corrected chi connectivity index (χ0v) is 23.4. The lowest BCUT2D eigenvalue weighted by molar-refractivity contribution is -0.130. The molecule has 2 amide bonds. The number of ether oxygens (including phenoxy) is 2. The van der Waals surface area contributed by atoms with Crippen LogP contribution in [-0.4, -0.2) is 78.4 Å². The molecule has 2 heterocycles. The van der Waals surface area contributed by atoms with Gasteiger partial charge in [-0.25, -0.2) is 4.98 Å². The van der Waals surface area contributed by atoms with Gasteiger partial charge in [-0.2, -0.15) is 0 Å². The second-order valence-electron chi connectivity index (χ2n) is 9.56. The SMILES string of the molecule is COc1ccc(CCN(Cc2ccc(C)cc2)Cc2nc(C(=O)N3CCN(C(C)=O)CC3)cs2)cc1OC. The molecule has 3 aromatic rings. The van der Waals surface area contributed by atoms with Gasteiger partial charge in [-0.15, -0.1) is 11.3 Å². The molecule has 2 aromatic carbocycles. The van der Waals surface area contributed by atoms with Crippen LogP contribution in [0.4, 0.5) is 0 Å². The largest absolute Gasteiger partial charge is 0.493 e. The van der Waals surface area contributed by atoms with Crippen LogP contribution in [0.1, 0.15) is 39.1 Å². The van der Waals surface area contributed by atoms with Crippen molar-refractivity contribution in [3.8, 4) is 11.5 Å². The lowest BCUT2D eigenvalue weighted by Gasteiger charge is -2.33. The van der Waals surface area contributed by atoms with Gasteiger partial charge in [0.05, 0.1) is 20.8 Å². The van der Waals surface area contributed by atoms with Crippen LogP contribution in [0.25, 0.3) is 0 Å². The third kappa shape index (κ3) is 7.11. The van der Waals surface area contributed by atoms with Crippen molar-refractivity contribution in [3.05, 3.63) is 75.2 Å². The van der Waals surface area contributed by atoms with E-state index in [4.69, 9.17) is 14.5 Å². The van der Waals surface area contributed by atoms with E-state index < -0.39 is 0 Å². The molecule has 1 aromatic heterocycles. The monoisotopic (exact) mass is 536 g/mol. The summed E-state index contributed by atoms with van der Waals surface area (Å²) in [4.78, 5) is 35.3. The van der Waals surface area contributed by atoms with Crippen LogP contribution in [0.2, 0.25) is 0 Å². The number of methoxy groups -OCH3 is 2. The highest BCUT2D eigenvalue weighted by atomic mass is 32.1. The number of hydrogen-bond acceptors (Lipinski definition) is 7. The molecule has 0 aliphatic carbocycles. The first-order chi connectivity index (χ1) is 18.4. The number of aryl methyl sites for hydroxylation is 1. The molecule has 0 bridgehead atoms. The number of benzene rings is 2. The van der Waals surface area contributed by atoms with Crippen molar-refractivity contribution < 1.29 is 19.1 Å². The molecule has 0 N–H and O–H groups in total. The Morgan fingerprint density at radius 2 is 1.58 bits per heavy atom. The normalized spacial score (nSPS) is 13.6. The Bertz CT molecular complexity index is 1240. The van der Waals surface area contributed by atoms with E-state index >= 15 is 0 Å². The molecule has 0 spiro atoms. The zero-order valence-electron chi connectivity index (χ0n) is 22.6. The first-order valence-electron chi connectivity index (χ1n) is 12.8. The van der Waals surface area contributed by atoms with Crippen molar-refractivity contribution in [3.63, 3.8) is 0 Å². The number of nitrogens with zero attached hydrogens (tertiary/aromatic N) is 4. The minimum atomic E-state index is -0.0638. The summed E-state index contributed by atoms with van der Waals surface area (Å²) in [5.41, 5.74) is 4.12. The predicted molar refractivity (Wildman–Crippen MR) is 149 cm³/mol. The van der Waals surface area contributed by atoms with E-state index in [1.165, 1.54) is 22.5 Å². The molecule has 1 aliphatic heterocycles. The van der Waals surface area contributed by atoms with Crippen LogP contribution in [0.5, 0.6) is 11.5 Å². The Labute approximate surface area is 228 Å². The van der Waals surface area contributed by atoms with Gasteiger partial charge in [-0.1, -0.05) is 35.9 Å². The molecule has 202 valence electrons. The molecule has 0 radical (unpaired) electrons.